The lowest BCUT2D eigenvalue weighted by Gasteiger charge is -2.61. The molecule has 1 aromatic carbocycles. The van der Waals surface area contributed by atoms with Crippen molar-refractivity contribution in [3.8, 4) is 0 Å². The third kappa shape index (κ3) is 7.96. The van der Waals surface area contributed by atoms with Crippen LogP contribution in [0.4, 0.5) is 0 Å². The fraction of sp³-hybridized carbons (Fsp3) is 0.769. The van der Waals surface area contributed by atoms with E-state index in [0.29, 0.717) is 53.4 Å². The van der Waals surface area contributed by atoms with Gasteiger partial charge in [0, 0.05) is 32.1 Å². The van der Waals surface area contributed by atoms with Crippen LogP contribution in [0.15, 0.2) is 18.2 Å². The Morgan fingerprint density at radius 3 is 2.42 bits per heavy atom. The van der Waals surface area contributed by atoms with Crippen molar-refractivity contribution in [3.05, 3.63) is 29.3 Å². The largest absolute Gasteiger partial charge is 0.488 e. The second-order valence-corrected chi connectivity index (χ2v) is 16.9. The van der Waals surface area contributed by atoms with Crippen LogP contribution in [0.25, 0.3) is 0 Å². The van der Waals surface area contributed by atoms with E-state index >= 15 is 0 Å². The number of aliphatic carboxylic acids is 1. The minimum Gasteiger partial charge on any atom is -0.480 e. The van der Waals surface area contributed by atoms with E-state index in [4.69, 9.17) is 5.11 Å². The van der Waals surface area contributed by atoms with Gasteiger partial charge in [-0.15, -0.1) is 0 Å². The molecular formula is C39H62BN3O7. The number of aliphatic hydroxyl groups excluding tert-OH is 1. The number of hydrogen-bond donors (Lipinski definition) is 6. The number of carboxylic acids is 1. The van der Waals surface area contributed by atoms with Gasteiger partial charge in [0.25, 0.3) is 5.91 Å². The van der Waals surface area contributed by atoms with Crippen LogP contribution >= 0.6 is 0 Å². The van der Waals surface area contributed by atoms with Gasteiger partial charge < -0.3 is 35.8 Å². The molecule has 0 aromatic heterocycles. The van der Waals surface area contributed by atoms with Crippen LogP contribution in [-0.2, 0) is 16.1 Å². The Bertz CT molecular complexity index is 1380. The van der Waals surface area contributed by atoms with Gasteiger partial charge in [0.15, 0.2) is 0 Å². The summed E-state index contributed by atoms with van der Waals surface area (Å²) in [6.07, 6.45) is 12.8. The Morgan fingerprint density at radius 1 is 1.00 bits per heavy atom. The van der Waals surface area contributed by atoms with Gasteiger partial charge in [-0.25, -0.2) is 0 Å². The van der Waals surface area contributed by atoms with Crippen molar-refractivity contribution in [3.63, 3.8) is 0 Å². The van der Waals surface area contributed by atoms with Crippen molar-refractivity contribution in [2.75, 3.05) is 20.6 Å². The molecule has 0 bridgehead atoms. The minimum atomic E-state index is -1.80. The van der Waals surface area contributed by atoms with Gasteiger partial charge >= 0.3 is 13.1 Å². The molecule has 4 saturated carbocycles. The fourth-order valence-electron chi connectivity index (χ4n) is 11.4. The van der Waals surface area contributed by atoms with Crippen LogP contribution in [0, 0.1) is 46.3 Å². The summed E-state index contributed by atoms with van der Waals surface area (Å²) in [5, 5.41) is 45.3. The SMILES string of the molecule is CNC(CCCNC(=O)c1ccc(CN(C)C(=O)CCC(C)C2CCC3C4CC[C@@H]5C[C@H](O)CC[C@]5(C)C4CC[C@]23C)c(B(O)O)c1)C(=O)O. The average Bonchev–Trinajstić information content (AvgIpc) is 3.44. The number of amides is 2. The summed E-state index contributed by atoms with van der Waals surface area (Å²) in [4.78, 5) is 39.0. The lowest BCUT2D eigenvalue weighted by atomic mass is 9.44. The van der Waals surface area contributed by atoms with Crippen LogP contribution in [0.2, 0.25) is 0 Å². The van der Waals surface area contributed by atoms with E-state index in [0.717, 1.165) is 37.0 Å². The summed E-state index contributed by atoms with van der Waals surface area (Å²) in [5.74, 6) is 2.74. The lowest BCUT2D eigenvalue weighted by molar-refractivity contribution is -0.139. The molecule has 11 heteroatoms. The maximum absolute atomic E-state index is 13.4. The second-order valence-electron chi connectivity index (χ2n) is 16.9. The average molecular weight is 696 g/mol. The van der Waals surface area contributed by atoms with Crippen LogP contribution < -0.4 is 16.1 Å². The first-order chi connectivity index (χ1) is 23.7. The van der Waals surface area contributed by atoms with E-state index in [9.17, 15) is 29.5 Å². The first-order valence-electron chi connectivity index (χ1n) is 19.3. The highest BCUT2D eigenvalue weighted by molar-refractivity contribution is 6.59. The minimum absolute atomic E-state index is 0.0208. The number of likely N-dealkylation sites (N-methyl/N-ethyl adjacent to an activating group) is 1. The number of hydrogen-bond acceptors (Lipinski definition) is 7. The Labute approximate surface area is 299 Å². The van der Waals surface area contributed by atoms with Gasteiger partial charge in [-0.05, 0) is 154 Å². The number of nitrogens with zero attached hydrogens (tertiary/aromatic N) is 1. The van der Waals surface area contributed by atoms with E-state index in [-0.39, 0.29) is 42.0 Å². The number of carboxylic acid groups (broad SMARTS) is 1. The third-order valence-electron chi connectivity index (χ3n) is 14.3. The standard InChI is InChI=1S/C39H62BN3O7/c1-24(30-13-14-31-29-12-11-27-22-28(44)16-18-38(27,2)32(29)17-19-39(30,31)3)8-15-35(45)43(5)23-26-10-9-25(21-33(26)40(49)50)36(46)42-20-6-7-34(41-4)37(47)48/h9-10,21,24,27-32,34,41,44,49-50H,6-8,11-20,22-23H2,1-5H3,(H,42,46)(H,47,48)/t24?,27-,28-,29?,30?,31?,32?,34?,38+,39-/m1/s1. The number of aliphatic hydroxyl groups is 1. The van der Waals surface area contributed by atoms with Gasteiger partial charge in [-0.2, -0.15) is 0 Å². The van der Waals surface area contributed by atoms with Crippen LogP contribution in [-0.4, -0.2) is 82.8 Å². The van der Waals surface area contributed by atoms with E-state index in [1.165, 1.54) is 51.0 Å². The van der Waals surface area contributed by atoms with Gasteiger partial charge in [0.1, 0.15) is 6.04 Å². The smallest absolute Gasteiger partial charge is 0.480 e. The van der Waals surface area contributed by atoms with Crippen molar-refractivity contribution >= 4 is 30.4 Å². The zero-order chi connectivity index (χ0) is 36.4. The molecule has 5 rings (SSSR count). The summed E-state index contributed by atoms with van der Waals surface area (Å²) in [6.45, 7) is 7.93. The zero-order valence-corrected chi connectivity index (χ0v) is 31.0. The second kappa shape index (κ2) is 16.0. The Kier molecular flexibility index (Phi) is 12.4. The molecule has 1 aromatic rings. The molecule has 6 unspecified atom stereocenters. The predicted octanol–water partition coefficient (Wildman–Crippen LogP) is 3.94. The van der Waals surface area contributed by atoms with Gasteiger partial charge in [-0.3, -0.25) is 14.4 Å². The first-order valence-corrected chi connectivity index (χ1v) is 19.3. The van der Waals surface area contributed by atoms with Crippen molar-refractivity contribution < 1.29 is 34.6 Å². The monoisotopic (exact) mass is 695 g/mol. The zero-order valence-electron chi connectivity index (χ0n) is 31.0. The quantitative estimate of drug-likeness (QED) is 0.126. The maximum Gasteiger partial charge on any atom is 0.488 e. The molecule has 0 radical (unpaired) electrons. The first kappa shape index (κ1) is 38.8. The molecule has 4 aliphatic carbocycles. The van der Waals surface area contributed by atoms with Gasteiger partial charge in [0.2, 0.25) is 5.91 Å². The number of nitrogens with one attached hydrogen (secondary N) is 2. The summed E-state index contributed by atoms with van der Waals surface area (Å²) in [5.41, 5.74) is 1.71. The predicted molar refractivity (Wildman–Crippen MR) is 194 cm³/mol. The number of benzene rings is 1. The maximum atomic E-state index is 13.4. The Balaban J connectivity index is 1.13. The number of carbonyl (C=O) groups excluding carboxylic acids is 2. The molecule has 50 heavy (non-hydrogen) atoms. The lowest BCUT2D eigenvalue weighted by Crippen LogP contribution is -2.54. The molecule has 0 saturated heterocycles. The number of fused-ring (bicyclic) bond motifs is 5. The van der Waals surface area contributed by atoms with Crippen molar-refractivity contribution in [1.82, 2.24) is 15.5 Å². The van der Waals surface area contributed by atoms with E-state index in [2.05, 4.69) is 31.4 Å². The summed E-state index contributed by atoms with van der Waals surface area (Å²) >= 11 is 0. The summed E-state index contributed by atoms with van der Waals surface area (Å²) < 4.78 is 0. The highest BCUT2D eigenvalue weighted by Crippen LogP contribution is 2.68. The van der Waals surface area contributed by atoms with Crippen LogP contribution in [0.3, 0.4) is 0 Å². The molecule has 4 fully saturated rings. The normalized spacial score (nSPS) is 33.0. The van der Waals surface area contributed by atoms with Gasteiger partial charge in [0.05, 0.1) is 6.10 Å². The molecular weight excluding hydrogens is 633 g/mol. The number of rotatable bonds is 14. The summed E-state index contributed by atoms with van der Waals surface area (Å²) in [7, 11) is 1.52. The van der Waals surface area contributed by atoms with Gasteiger partial charge in [-0.1, -0.05) is 26.8 Å². The van der Waals surface area contributed by atoms with Crippen LogP contribution in [0.5, 0.6) is 0 Å². The molecule has 4 aliphatic rings. The van der Waals surface area contributed by atoms with Crippen molar-refractivity contribution in [2.24, 2.45) is 46.3 Å². The van der Waals surface area contributed by atoms with Crippen molar-refractivity contribution in [1.29, 1.82) is 0 Å². The fourth-order valence-corrected chi connectivity index (χ4v) is 11.4. The van der Waals surface area contributed by atoms with E-state index in [1.807, 2.05) is 0 Å². The molecule has 10 nitrogen and oxygen atoms in total. The highest BCUT2D eigenvalue weighted by Gasteiger charge is 2.60. The Hall–Kier alpha value is -2.47. The molecule has 0 heterocycles. The van der Waals surface area contributed by atoms with E-state index < -0.39 is 19.1 Å². The molecule has 0 spiro atoms. The topological polar surface area (TPSA) is 159 Å². The number of carbonyl (C=O) groups is 3. The highest BCUT2D eigenvalue weighted by atomic mass is 16.4. The van der Waals surface area contributed by atoms with Crippen LogP contribution in [0.1, 0.15) is 120 Å². The molecule has 10 atom stereocenters. The third-order valence-corrected chi connectivity index (χ3v) is 14.3. The molecule has 0 aliphatic heterocycles. The van der Waals surface area contributed by atoms with Crippen molar-refractivity contribution in [2.45, 2.75) is 123 Å². The van der Waals surface area contributed by atoms with E-state index in [1.54, 1.807) is 31.1 Å². The molecule has 6 N–H and O–H groups in total. The molecule has 2 amide bonds. The summed E-state index contributed by atoms with van der Waals surface area (Å²) in [6, 6.07) is 4.04. The molecule has 278 valence electrons. The Morgan fingerprint density at radius 2 is 1.72 bits per heavy atom.